The molecule has 1 aromatic rings. The standard InChI is InChI=1S/C21H30N6O7/c22-10-2-1-3-14(21(33)34)27-20(32)15(11-18(30)31)26-17(29)9-8-16(28)25-13-6-4-12(5-7-13)19(23)24/h4-7,14-15H,1-3,8-11,22H2,(H3,23,24)(H,25,28)(H,26,29)(H,27,32)(H,30,31)(H,33,34)/t14-,15-/m0/s1. The van der Waals surface area contributed by atoms with Crippen molar-refractivity contribution in [2.45, 2.75) is 50.6 Å². The van der Waals surface area contributed by atoms with Gasteiger partial charge in [-0.3, -0.25) is 24.6 Å². The lowest BCUT2D eigenvalue weighted by molar-refractivity contribution is -0.143. The predicted molar refractivity (Wildman–Crippen MR) is 122 cm³/mol. The smallest absolute Gasteiger partial charge is 0.326 e. The molecule has 13 heteroatoms. The number of carbonyl (C=O) groups is 5. The van der Waals surface area contributed by atoms with Crippen LogP contribution >= 0.6 is 0 Å². The highest BCUT2D eigenvalue weighted by Crippen LogP contribution is 2.10. The van der Waals surface area contributed by atoms with Gasteiger partial charge in [-0.05, 0) is 50.1 Å². The van der Waals surface area contributed by atoms with Crippen molar-refractivity contribution in [2.75, 3.05) is 11.9 Å². The van der Waals surface area contributed by atoms with Gasteiger partial charge in [0.25, 0.3) is 0 Å². The zero-order valence-corrected chi connectivity index (χ0v) is 18.5. The van der Waals surface area contributed by atoms with Gasteiger partial charge in [0.05, 0.1) is 6.42 Å². The maximum atomic E-state index is 12.4. The molecule has 0 aromatic heterocycles. The number of carboxylic acid groups (broad SMARTS) is 2. The fourth-order valence-corrected chi connectivity index (χ4v) is 2.86. The summed E-state index contributed by atoms with van der Waals surface area (Å²) in [7, 11) is 0. The van der Waals surface area contributed by atoms with Gasteiger partial charge in [0.15, 0.2) is 0 Å². The summed E-state index contributed by atoms with van der Waals surface area (Å²) in [5, 5.41) is 32.7. The molecule has 34 heavy (non-hydrogen) atoms. The van der Waals surface area contributed by atoms with E-state index >= 15 is 0 Å². The number of aliphatic carboxylic acids is 2. The first kappa shape index (κ1) is 28.0. The maximum Gasteiger partial charge on any atom is 0.326 e. The minimum absolute atomic E-state index is 0.0968. The second-order valence-corrected chi connectivity index (χ2v) is 7.44. The van der Waals surface area contributed by atoms with Gasteiger partial charge in [0.1, 0.15) is 17.9 Å². The molecule has 13 nitrogen and oxygen atoms in total. The van der Waals surface area contributed by atoms with Gasteiger partial charge in [-0.1, -0.05) is 0 Å². The third-order valence-electron chi connectivity index (χ3n) is 4.65. The molecule has 186 valence electrons. The fraction of sp³-hybridized carbons (Fsp3) is 0.429. The van der Waals surface area contributed by atoms with Crippen LogP contribution in [0, 0.1) is 5.41 Å². The van der Waals surface area contributed by atoms with Crippen molar-refractivity contribution in [1.29, 1.82) is 5.41 Å². The lowest BCUT2D eigenvalue weighted by atomic mass is 10.1. The van der Waals surface area contributed by atoms with Crippen LogP contribution < -0.4 is 27.4 Å². The van der Waals surface area contributed by atoms with Crippen molar-refractivity contribution in [3.05, 3.63) is 29.8 Å². The number of amides is 3. The Morgan fingerprint density at radius 1 is 0.912 bits per heavy atom. The average molecular weight is 479 g/mol. The first-order chi connectivity index (χ1) is 16.0. The Morgan fingerprint density at radius 3 is 2.06 bits per heavy atom. The van der Waals surface area contributed by atoms with Gasteiger partial charge < -0.3 is 37.6 Å². The van der Waals surface area contributed by atoms with Crippen molar-refractivity contribution in [2.24, 2.45) is 11.5 Å². The second kappa shape index (κ2) is 14.2. The Labute approximate surface area is 195 Å². The van der Waals surface area contributed by atoms with E-state index in [2.05, 4.69) is 16.0 Å². The second-order valence-electron chi connectivity index (χ2n) is 7.44. The Morgan fingerprint density at radius 2 is 1.53 bits per heavy atom. The minimum Gasteiger partial charge on any atom is -0.481 e. The molecule has 10 N–H and O–H groups in total. The van der Waals surface area contributed by atoms with E-state index in [1.807, 2.05) is 0 Å². The van der Waals surface area contributed by atoms with Gasteiger partial charge in [0.2, 0.25) is 17.7 Å². The van der Waals surface area contributed by atoms with Crippen LogP contribution in [-0.2, 0) is 24.0 Å². The Kier molecular flexibility index (Phi) is 11.7. The normalized spacial score (nSPS) is 12.1. The molecule has 2 atom stereocenters. The number of anilines is 1. The molecule has 0 heterocycles. The molecule has 0 unspecified atom stereocenters. The molecule has 1 aromatic carbocycles. The molecule has 0 bridgehead atoms. The third-order valence-corrected chi connectivity index (χ3v) is 4.65. The van der Waals surface area contributed by atoms with E-state index < -0.39 is 48.2 Å². The minimum atomic E-state index is -1.51. The lowest BCUT2D eigenvalue weighted by Crippen LogP contribution is -2.52. The zero-order chi connectivity index (χ0) is 25.7. The van der Waals surface area contributed by atoms with E-state index in [9.17, 15) is 29.1 Å². The molecule has 0 aliphatic heterocycles. The number of amidine groups is 1. The summed E-state index contributed by atoms with van der Waals surface area (Å²) in [5.74, 6) is -5.00. The number of benzene rings is 1. The number of nitrogens with one attached hydrogen (secondary N) is 4. The third kappa shape index (κ3) is 10.5. The first-order valence-electron chi connectivity index (χ1n) is 10.5. The molecule has 0 fully saturated rings. The van der Waals surface area contributed by atoms with Crippen LogP contribution in [0.2, 0.25) is 0 Å². The first-order valence-corrected chi connectivity index (χ1v) is 10.5. The molecule has 0 aliphatic rings. The summed E-state index contributed by atoms with van der Waals surface area (Å²) in [5.41, 5.74) is 11.6. The number of carbonyl (C=O) groups excluding carboxylic acids is 3. The number of nitrogens with two attached hydrogens (primary N) is 2. The van der Waals surface area contributed by atoms with Crippen molar-refractivity contribution in [3.63, 3.8) is 0 Å². The Bertz CT molecular complexity index is 903. The molecule has 0 saturated carbocycles. The number of carboxylic acids is 2. The van der Waals surface area contributed by atoms with Crippen molar-refractivity contribution >= 4 is 41.2 Å². The fourth-order valence-electron chi connectivity index (χ4n) is 2.86. The van der Waals surface area contributed by atoms with Crippen LogP contribution in [0.25, 0.3) is 0 Å². The number of hydrogen-bond acceptors (Lipinski definition) is 7. The number of unbranched alkanes of at least 4 members (excludes halogenated alkanes) is 1. The van der Waals surface area contributed by atoms with Crippen LogP contribution in [0.5, 0.6) is 0 Å². The SMILES string of the molecule is N=C(N)c1ccc(NC(=O)CCC(=O)N[C@@H](CC(=O)O)C(=O)N[C@@H](CCCCN)C(=O)O)cc1. The van der Waals surface area contributed by atoms with Crippen molar-refractivity contribution in [1.82, 2.24) is 10.6 Å². The van der Waals surface area contributed by atoms with Crippen LogP contribution in [-0.4, -0.2) is 64.3 Å². The Balaban J connectivity index is 2.63. The van der Waals surface area contributed by atoms with Crippen LogP contribution in [0.15, 0.2) is 24.3 Å². The number of nitrogen functional groups attached to an aromatic ring is 1. The van der Waals surface area contributed by atoms with E-state index in [0.717, 1.165) is 0 Å². The van der Waals surface area contributed by atoms with Gasteiger partial charge in [-0.2, -0.15) is 0 Å². The summed E-state index contributed by atoms with van der Waals surface area (Å²) < 4.78 is 0. The van der Waals surface area contributed by atoms with Crippen LogP contribution in [0.3, 0.4) is 0 Å². The van der Waals surface area contributed by atoms with E-state index in [-0.39, 0.29) is 25.1 Å². The van der Waals surface area contributed by atoms with Gasteiger partial charge in [0, 0.05) is 24.1 Å². The van der Waals surface area contributed by atoms with Crippen LogP contribution in [0.1, 0.15) is 44.1 Å². The maximum absolute atomic E-state index is 12.4. The summed E-state index contributed by atoms with van der Waals surface area (Å²) in [6.45, 7) is 0.356. The number of hydrogen-bond donors (Lipinski definition) is 8. The Hall–Kier alpha value is -4.00. The highest BCUT2D eigenvalue weighted by molar-refractivity contribution is 5.97. The summed E-state index contributed by atoms with van der Waals surface area (Å²) in [6, 6.07) is 3.39. The largest absolute Gasteiger partial charge is 0.481 e. The zero-order valence-electron chi connectivity index (χ0n) is 18.5. The van der Waals surface area contributed by atoms with Gasteiger partial charge in [-0.15, -0.1) is 0 Å². The van der Waals surface area contributed by atoms with E-state index in [0.29, 0.717) is 30.6 Å². The van der Waals surface area contributed by atoms with Crippen molar-refractivity contribution in [3.8, 4) is 0 Å². The van der Waals surface area contributed by atoms with E-state index in [1.54, 1.807) is 12.1 Å². The molecule has 0 radical (unpaired) electrons. The quantitative estimate of drug-likeness (QED) is 0.0906. The highest BCUT2D eigenvalue weighted by atomic mass is 16.4. The van der Waals surface area contributed by atoms with Crippen molar-refractivity contribution < 1.29 is 34.2 Å². The van der Waals surface area contributed by atoms with E-state index in [4.69, 9.17) is 22.0 Å². The molecule has 3 amide bonds. The molecule has 0 aliphatic carbocycles. The molecular formula is C21H30N6O7. The predicted octanol–water partition coefficient (Wildman–Crippen LogP) is -0.653. The summed E-state index contributed by atoms with van der Waals surface area (Å²) in [4.78, 5) is 59.2. The summed E-state index contributed by atoms with van der Waals surface area (Å²) in [6.07, 6.45) is -0.257. The van der Waals surface area contributed by atoms with Gasteiger partial charge in [-0.25, -0.2) is 4.79 Å². The lowest BCUT2D eigenvalue weighted by Gasteiger charge is -2.20. The van der Waals surface area contributed by atoms with Crippen LogP contribution in [0.4, 0.5) is 5.69 Å². The highest BCUT2D eigenvalue weighted by Gasteiger charge is 2.28. The molecule has 0 saturated heterocycles. The summed E-state index contributed by atoms with van der Waals surface area (Å²) >= 11 is 0. The molecule has 1 rings (SSSR count). The van der Waals surface area contributed by atoms with E-state index in [1.165, 1.54) is 12.1 Å². The topological polar surface area (TPSA) is 238 Å². The van der Waals surface area contributed by atoms with Gasteiger partial charge >= 0.3 is 11.9 Å². The average Bonchev–Trinajstić information content (AvgIpc) is 2.76. The number of rotatable bonds is 15. The molecule has 0 spiro atoms. The monoisotopic (exact) mass is 478 g/mol. The molecular weight excluding hydrogens is 448 g/mol.